The fourth-order valence-electron chi connectivity index (χ4n) is 11.9. The van der Waals surface area contributed by atoms with Crippen molar-refractivity contribution in [3.8, 4) is 101 Å². The Morgan fingerprint density at radius 3 is 1.02 bits per heavy atom. The van der Waals surface area contributed by atoms with Gasteiger partial charge in [-0.1, -0.05) is 60.5 Å². The van der Waals surface area contributed by atoms with Gasteiger partial charge in [-0.05, 0) is 101 Å². The summed E-state index contributed by atoms with van der Waals surface area (Å²) in [7, 11) is 0. The number of H-pyrrole nitrogens is 8. The first kappa shape index (κ1) is 66.8. The first-order valence-electron chi connectivity index (χ1n) is 33.1. The van der Waals surface area contributed by atoms with Crippen LogP contribution >= 0.6 is 0 Å². The summed E-state index contributed by atoms with van der Waals surface area (Å²) < 4.78 is 0. The first-order valence-corrected chi connectivity index (χ1v) is 33.1. The van der Waals surface area contributed by atoms with Crippen molar-refractivity contribution in [2.45, 2.75) is 6.42 Å². The van der Waals surface area contributed by atoms with E-state index in [1.54, 1.807) is 61.3 Å². The van der Waals surface area contributed by atoms with E-state index in [0.29, 0.717) is 23.2 Å². The second kappa shape index (κ2) is 30.8. The zero-order valence-corrected chi connectivity index (χ0v) is 55.7. The molecule has 17 rings (SSSR count). The van der Waals surface area contributed by atoms with Crippen LogP contribution in [0.25, 0.3) is 133 Å². The molecule has 0 spiro atoms. The summed E-state index contributed by atoms with van der Waals surface area (Å²) in [6.45, 7) is 6.16. The van der Waals surface area contributed by atoms with Crippen molar-refractivity contribution >= 4 is 67.8 Å². The molecule has 1 fully saturated rings. The van der Waals surface area contributed by atoms with Crippen LogP contribution in [0.2, 0.25) is 0 Å². The highest BCUT2D eigenvalue weighted by Gasteiger charge is 2.22. The molecule has 0 saturated carbocycles. The Balaban J connectivity index is 0.000000117. The molecule has 1 saturated heterocycles. The number of aliphatic hydroxyl groups excluding tert-OH is 1. The van der Waals surface area contributed by atoms with Gasteiger partial charge in [-0.2, -0.15) is 20.4 Å². The van der Waals surface area contributed by atoms with Crippen molar-refractivity contribution in [3.05, 3.63) is 255 Å². The molecule has 104 heavy (non-hydrogen) atoms. The SMILES string of the molecule is C#CCNC(=O)c1ccc(-c2cnc3[nH]cc(-c4cn[nH]c4)c3c2)cc1.C=CCNC(=O)c1ccc(-c2cnc3[nH]cc(-c4cn[nH]c4)c3c2)cc1.O=C(NCCO)c1ccc(-c2cnc3[nH]cc(-c4cn[nH]c4)c3c2)cc1.O=C(c1ccc(-c2cnc3[nH]cc(-c4cn[nH]c4)c3c2)cc1)N1CCC1. The van der Waals surface area contributed by atoms with E-state index in [-0.39, 0.29) is 43.3 Å². The molecule has 4 aromatic carbocycles. The number of amides is 4. The lowest BCUT2D eigenvalue weighted by Crippen LogP contribution is -2.41. The molecule has 512 valence electrons. The Kier molecular flexibility index (Phi) is 19.8. The number of carbonyl (C=O) groups is 4. The zero-order chi connectivity index (χ0) is 71.3. The topological polar surface area (TPSA) is 357 Å². The summed E-state index contributed by atoms with van der Waals surface area (Å²) in [6.07, 6.45) is 37.5. The third-order valence-corrected chi connectivity index (χ3v) is 17.6. The summed E-state index contributed by atoms with van der Waals surface area (Å²) >= 11 is 0. The average Bonchev–Trinajstić information content (AvgIpc) is 1.63. The van der Waals surface area contributed by atoms with Gasteiger partial charge in [0.05, 0.1) is 37.9 Å². The molecule has 25 heteroatoms. The molecular weight excluding hydrogens is 1310 g/mol. The summed E-state index contributed by atoms with van der Waals surface area (Å²) in [5, 5.41) is 48.3. The lowest BCUT2D eigenvalue weighted by atomic mass is 10.0. The van der Waals surface area contributed by atoms with E-state index in [1.165, 1.54) is 0 Å². The number of benzene rings is 4. The molecule has 1 aliphatic rings. The molecule has 0 unspecified atom stereocenters. The quantitative estimate of drug-likeness (QED) is 0.0298. The second-order valence-electron chi connectivity index (χ2n) is 24.1. The number of fused-ring (bicyclic) bond motifs is 4. The van der Waals surface area contributed by atoms with Gasteiger partial charge in [0.15, 0.2) is 0 Å². The van der Waals surface area contributed by atoms with Gasteiger partial charge in [0.25, 0.3) is 23.6 Å². The summed E-state index contributed by atoms with van der Waals surface area (Å²) in [6, 6.07) is 38.3. The maximum Gasteiger partial charge on any atom is 0.253 e. The molecule has 0 atom stereocenters. The number of hydrogen-bond donors (Lipinski definition) is 12. The highest BCUT2D eigenvalue weighted by Crippen LogP contribution is 2.35. The monoisotopic (exact) mass is 1370 g/mol. The first-order chi connectivity index (χ1) is 51.1. The highest BCUT2D eigenvalue weighted by molar-refractivity contribution is 6.01. The number of pyridine rings is 4. The van der Waals surface area contributed by atoms with Gasteiger partial charge >= 0.3 is 0 Å². The van der Waals surface area contributed by atoms with Crippen LogP contribution in [-0.2, 0) is 0 Å². The lowest BCUT2D eigenvalue weighted by Gasteiger charge is -2.30. The van der Waals surface area contributed by atoms with E-state index < -0.39 is 0 Å². The summed E-state index contributed by atoms with van der Waals surface area (Å²) in [5.41, 5.74) is 21.9. The predicted octanol–water partition coefficient (Wildman–Crippen LogP) is 12.3. The number of nitrogens with one attached hydrogen (secondary N) is 11. The predicted molar refractivity (Wildman–Crippen MR) is 400 cm³/mol. The van der Waals surface area contributed by atoms with Crippen LogP contribution in [0.1, 0.15) is 47.9 Å². The molecule has 4 amide bonds. The molecule has 0 bridgehead atoms. The van der Waals surface area contributed by atoms with Crippen molar-refractivity contribution in [3.63, 3.8) is 0 Å². The van der Waals surface area contributed by atoms with Crippen molar-refractivity contribution < 1.29 is 24.3 Å². The van der Waals surface area contributed by atoms with Gasteiger partial charge in [0.1, 0.15) is 22.6 Å². The normalized spacial score (nSPS) is 11.5. The Labute approximate surface area is 593 Å². The van der Waals surface area contributed by atoms with E-state index in [0.717, 1.165) is 158 Å². The average molecular weight is 1380 g/mol. The van der Waals surface area contributed by atoms with Crippen molar-refractivity contribution in [2.75, 3.05) is 39.3 Å². The number of aliphatic hydroxyl groups is 1. The minimum absolute atomic E-state index is 0.0782. The molecule has 0 radical (unpaired) electrons. The molecule has 12 N–H and O–H groups in total. The maximum absolute atomic E-state index is 12.3. The van der Waals surface area contributed by atoms with Crippen LogP contribution in [-0.4, -0.2) is 154 Å². The third kappa shape index (κ3) is 14.7. The Morgan fingerprint density at radius 1 is 0.423 bits per heavy atom. The third-order valence-electron chi connectivity index (χ3n) is 17.6. The van der Waals surface area contributed by atoms with E-state index in [1.807, 2.05) is 146 Å². The lowest BCUT2D eigenvalue weighted by molar-refractivity contribution is 0.0651. The maximum atomic E-state index is 12.3. The van der Waals surface area contributed by atoms with E-state index in [9.17, 15) is 19.2 Å². The van der Waals surface area contributed by atoms with Crippen LogP contribution in [0.15, 0.2) is 233 Å². The highest BCUT2D eigenvalue weighted by atomic mass is 16.3. The molecule has 12 aromatic heterocycles. The van der Waals surface area contributed by atoms with E-state index >= 15 is 0 Å². The molecule has 1 aliphatic heterocycles. The Hall–Kier alpha value is -14.4. The van der Waals surface area contributed by atoms with Gasteiger partial charge in [-0.3, -0.25) is 39.6 Å². The number of terminal acetylenes is 1. The summed E-state index contributed by atoms with van der Waals surface area (Å²) in [4.78, 5) is 80.8. The minimum atomic E-state index is -0.202. The zero-order valence-electron chi connectivity index (χ0n) is 55.7. The van der Waals surface area contributed by atoms with E-state index in [4.69, 9.17) is 11.5 Å². The molecule has 13 heterocycles. The molecule has 16 aromatic rings. The van der Waals surface area contributed by atoms with Crippen LogP contribution in [0.5, 0.6) is 0 Å². The smallest absolute Gasteiger partial charge is 0.253 e. The van der Waals surface area contributed by atoms with E-state index in [2.05, 4.69) is 133 Å². The number of carbonyl (C=O) groups excluding carboxylic acids is 4. The number of aromatic nitrogens is 16. The number of rotatable bonds is 17. The fourth-order valence-corrected chi connectivity index (χ4v) is 11.9. The van der Waals surface area contributed by atoms with Gasteiger partial charge in [-0.15, -0.1) is 13.0 Å². The largest absolute Gasteiger partial charge is 0.395 e. The second-order valence-corrected chi connectivity index (χ2v) is 24.1. The molecule has 25 nitrogen and oxygen atoms in total. The van der Waals surface area contributed by atoms with Crippen LogP contribution in [0.4, 0.5) is 0 Å². The summed E-state index contributed by atoms with van der Waals surface area (Å²) in [5.74, 6) is 2.00. The van der Waals surface area contributed by atoms with Gasteiger partial charge in [0, 0.05) is 211 Å². The standard InChI is InChI=1S/2C20H17N5O.C20H15N5O.C19H17N5O2/c26-20(25-6-1-7-25)14-4-2-13(3-5-14)15-8-17-18(16-10-23-24-11-16)12-22-19(17)21-9-15;2*1-2-7-21-20(26)14-5-3-13(4-6-14)15-8-17-18(16-10-24-25-11-16)12-23-19(17)22-9-15;25-6-5-20-19(26)13-3-1-12(2-4-13)14-7-16-17(15-9-23-24-10-15)11-22-18(16)21-8-14/h2-5,8-12H,1,6-7H2,(H,21,22)(H,23,24);2-6,8-12H,1,7H2,(H,21,26)(H,22,23)(H,24,25);1,3-6,8-12H,7H2,(H,21,26)(H,22,23)(H,24,25);1-4,7-11,25H,5-6H2,(H,20,26)(H,21,22)(H,23,24). The number of aromatic amines is 8. The van der Waals surface area contributed by atoms with Crippen LogP contribution < -0.4 is 16.0 Å². The number of hydrogen-bond acceptors (Lipinski definition) is 13. The number of nitrogens with zero attached hydrogens (tertiary/aromatic N) is 9. The van der Waals surface area contributed by atoms with Crippen molar-refractivity contribution in [2.24, 2.45) is 0 Å². The van der Waals surface area contributed by atoms with Gasteiger partial charge in [0.2, 0.25) is 0 Å². The van der Waals surface area contributed by atoms with Crippen LogP contribution in [0, 0.1) is 12.3 Å². The Morgan fingerprint density at radius 2 is 0.740 bits per heavy atom. The molecule has 0 aliphatic carbocycles. The minimum Gasteiger partial charge on any atom is -0.395 e. The van der Waals surface area contributed by atoms with Crippen molar-refractivity contribution in [1.82, 2.24) is 102 Å². The van der Waals surface area contributed by atoms with Gasteiger partial charge in [-0.25, -0.2) is 19.9 Å². The Bertz CT molecular complexity index is 5690. The molecular formula is C79H66N20O5. The fraction of sp³-hybridized carbons (Fsp3) is 0.0886. The van der Waals surface area contributed by atoms with Gasteiger partial charge < -0.3 is 45.9 Å². The van der Waals surface area contributed by atoms with Crippen LogP contribution in [0.3, 0.4) is 0 Å². The number of likely N-dealkylation sites (tertiary alicyclic amines) is 1. The van der Waals surface area contributed by atoms with Crippen molar-refractivity contribution in [1.29, 1.82) is 0 Å².